The number of anilines is 1. The molecule has 1 aromatic carbocycles. The van der Waals surface area contributed by atoms with Crippen molar-refractivity contribution in [1.29, 1.82) is 0 Å². The highest BCUT2D eigenvalue weighted by Crippen LogP contribution is 2.30. The molecule has 0 saturated heterocycles. The molecule has 0 bridgehead atoms. The van der Waals surface area contributed by atoms with Gasteiger partial charge in [-0.3, -0.25) is 4.40 Å². The monoisotopic (exact) mass is 279 g/mol. The number of hydrogen-bond donors (Lipinski definition) is 1. The van der Waals surface area contributed by atoms with Crippen molar-refractivity contribution in [2.45, 2.75) is 33.2 Å². The van der Waals surface area contributed by atoms with Gasteiger partial charge in [0, 0.05) is 17.3 Å². The molecule has 2 heterocycles. The number of aryl methyl sites for hydroxylation is 1. The third-order valence-corrected chi connectivity index (χ3v) is 3.35. The molecule has 2 aromatic heterocycles. The first-order valence-electron chi connectivity index (χ1n) is 7.26. The van der Waals surface area contributed by atoms with Crippen molar-refractivity contribution >= 4 is 11.5 Å². The minimum absolute atomic E-state index is 0.0226. The molecular weight excluding hydrogens is 258 g/mol. The highest BCUT2D eigenvalue weighted by Gasteiger charge is 2.18. The quantitative estimate of drug-likeness (QED) is 0.747. The number of aromatic nitrogens is 2. The number of fused-ring (bicyclic) bond motifs is 1. The molecule has 0 atom stereocenters. The SMILES string of the molecule is Cc1ccc(-c2nc3ccccn3c2NC(C)(C)C)cc1. The average Bonchev–Trinajstić information content (AvgIpc) is 2.77. The van der Waals surface area contributed by atoms with Gasteiger partial charge in [-0.25, -0.2) is 4.98 Å². The fourth-order valence-electron chi connectivity index (χ4n) is 2.38. The normalized spacial score (nSPS) is 11.8. The van der Waals surface area contributed by atoms with Crippen LogP contribution >= 0.6 is 0 Å². The van der Waals surface area contributed by atoms with Crippen LogP contribution < -0.4 is 5.32 Å². The highest BCUT2D eigenvalue weighted by atomic mass is 15.2. The molecule has 1 N–H and O–H groups in total. The van der Waals surface area contributed by atoms with E-state index in [9.17, 15) is 0 Å². The molecule has 0 radical (unpaired) electrons. The largest absolute Gasteiger partial charge is 0.365 e. The number of rotatable bonds is 2. The molecule has 3 aromatic rings. The number of imidazole rings is 1. The van der Waals surface area contributed by atoms with Crippen molar-refractivity contribution in [2.75, 3.05) is 5.32 Å². The Morgan fingerprint density at radius 1 is 1.00 bits per heavy atom. The maximum Gasteiger partial charge on any atom is 0.139 e. The lowest BCUT2D eigenvalue weighted by molar-refractivity contribution is 0.629. The second kappa shape index (κ2) is 4.92. The molecule has 0 amide bonds. The molecule has 3 nitrogen and oxygen atoms in total. The fraction of sp³-hybridized carbons (Fsp3) is 0.278. The van der Waals surface area contributed by atoms with Crippen LogP contribution in [0.5, 0.6) is 0 Å². The number of benzene rings is 1. The Morgan fingerprint density at radius 3 is 2.38 bits per heavy atom. The molecule has 3 rings (SSSR count). The molecular formula is C18H21N3. The second-order valence-corrected chi connectivity index (χ2v) is 6.48. The van der Waals surface area contributed by atoms with Gasteiger partial charge in [0.15, 0.2) is 0 Å². The van der Waals surface area contributed by atoms with E-state index < -0.39 is 0 Å². The van der Waals surface area contributed by atoms with Gasteiger partial charge in [-0.2, -0.15) is 0 Å². The van der Waals surface area contributed by atoms with Crippen LogP contribution in [0.25, 0.3) is 16.9 Å². The summed E-state index contributed by atoms with van der Waals surface area (Å²) in [6.07, 6.45) is 2.05. The Balaban J connectivity index is 2.21. The van der Waals surface area contributed by atoms with Gasteiger partial charge in [0.05, 0.1) is 0 Å². The van der Waals surface area contributed by atoms with Crippen molar-refractivity contribution in [3.8, 4) is 11.3 Å². The minimum Gasteiger partial charge on any atom is -0.365 e. The average molecular weight is 279 g/mol. The molecule has 0 aliphatic carbocycles. The summed E-state index contributed by atoms with van der Waals surface area (Å²) in [6, 6.07) is 14.6. The number of pyridine rings is 1. The van der Waals surface area contributed by atoms with Gasteiger partial charge in [0.1, 0.15) is 17.2 Å². The van der Waals surface area contributed by atoms with E-state index in [0.29, 0.717) is 0 Å². The van der Waals surface area contributed by atoms with E-state index in [-0.39, 0.29) is 5.54 Å². The van der Waals surface area contributed by atoms with Gasteiger partial charge >= 0.3 is 0 Å². The van der Waals surface area contributed by atoms with Crippen molar-refractivity contribution in [3.63, 3.8) is 0 Å². The zero-order valence-corrected chi connectivity index (χ0v) is 13.0. The summed E-state index contributed by atoms with van der Waals surface area (Å²) in [7, 11) is 0. The van der Waals surface area contributed by atoms with Gasteiger partial charge in [0.2, 0.25) is 0 Å². The van der Waals surface area contributed by atoms with Crippen LogP contribution in [0.3, 0.4) is 0 Å². The maximum atomic E-state index is 4.80. The Labute approximate surface area is 125 Å². The van der Waals surface area contributed by atoms with Gasteiger partial charge in [-0.15, -0.1) is 0 Å². The minimum atomic E-state index is -0.0226. The van der Waals surface area contributed by atoms with E-state index in [0.717, 1.165) is 22.7 Å². The molecule has 0 spiro atoms. The van der Waals surface area contributed by atoms with E-state index >= 15 is 0 Å². The fourth-order valence-corrected chi connectivity index (χ4v) is 2.38. The zero-order chi connectivity index (χ0) is 15.0. The third kappa shape index (κ3) is 2.77. The van der Waals surface area contributed by atoms with Crippen LogP contribution in [0.2, 0.25) is 0 Å². The lowest BCUT2D eigenvalue weighted by Crippen LogP contribution is -2.27. The van der Waals surface area contributed by atoms with Crippen molar-refractivity contribution < 1.29 is 0 Å². The first-order valence-corrected chi connectivity index (χ1v) is 7.26. The zero-order valence-electron chi connectivity index (χ0n) is 13.0. The third-order valence-electron chi connectivity index (χ3n) is 3.35. The smallest absolute Gasteiger partial charge is 0.139 e. The van der Waals surface area contributed by atoms with Crippen molar-refractivity contribution in [1.82, 2.24) is 9.38 Å². The van der Waals surface area contributed by atoms with Gasteiger partial charge in [-0.05, 0) is 39.8 Å². The second-order valence-electron chi connectivity index (χ2n) is 6.48. The van der Waals surface area contributed by atoms with E-state index in [1.165, 1.54) is 5.56 Å². The first-order chi connectivity index (χ1) is 9.94. The number of nitrogens with one attached hydrogen (secondary N) is 1. The topological polar surface area (TPSA) is 29.3 Å². The predicted molar refractivity (Wildman–Crippen MR) is 88.7 cm³/mol. The molecule has 108 valence electrons. The number of hydrogen-bond acceptors (Lipinski definition) is 2. The standard InChI is InChI=1S/C18H21N3/c1-13-8-10-14(11-9-13)16-17(20-18(2,3)4)21-12-6-5-7-15(21)19-16/h5-12,20H,1-4H3. The Morgan fingerprint density at radius 2 is 1.71 bits per heavy atom. The Kier molecular flexibility index (Phi) is 3.20. The maximum absolute atomic E-state index is 4.80. The van der Waals surface area contributed by atoms with E-state index in [4.69, 9.17) is 4.98 Å². The Hall–Kier alpha value is -2.29. The lowest BCUT2D eigenvalue weighted by atomic mass is 10.1. The summed E-state index contributed by atoms with van der Waals surface area (Å²) in [5.74, 6) is 1.04. The van der Waals surface area contributed by atoms with Gasteiger partial charge in [0.25, 0.3) is 0 Å². The van der Waals surface area contributed by atoms with Crippen LogP contribution in [0.4, 0.5) is 5.82 Å². The van der Waals surface area contributed by atoms with E-state index in [1.54, 1.807) is 0 Å². The van der Waals surface area contributed by atoms with Crippen LogP contribution in [0.1, 0.15) is 26.3 Å². The van der Waals surface area contributed by atoms with E-state index in [1.807, 2.05) is 24.4 Å². The van der Waals surface area contributed by atoms with Crippen molar-refractivity contribution in [3.05, 3.63) is 54.2 Å². The molecule has 0 saturated carbocycles. The van der Waals surface area contributed by atoms with Gasteiger partial charge in [-0.1, -0.05) is 35.9 Å². The summed E-state index contributed by atoms with van der Waals surface area (Å²) >= 11 is 0. The molecule has 0 aliphatic heterocycles. The van der Waals surface area contributed by atoms with Crippen LogP contribution in [-0.4, -0.2) is 14.9 Å². The molecule has 0 fully saturated rings. The summed E-state index contributed by atoms with van der Waals surface area (Å²) in [4.78, 5) is 4.80. The van der Waals surface area contributed by atoms with Crippen molar-refractivity contribution in [2.24, 2.45) is 0 Å². The molecule has 0 aliphatic rings. The number of nitrogens with zero attached hydrogens (tertiary/aromatic N) is 2. The summed E-state index contributed by atoms with van der Waals surface area (Å²) in [6.45, 7) is 8.58. The van der Waals surface area contributed by atoms with E-state index in [2.05, 4.69) is 61.7 Å². The highest BCUT2D eigenvalue weighted by molar-refractivity contribution is 5.77. The van der Waals surface area contributed by atoms with Crippen LogP contribution in [0, 0.1) is 6.92 Å². The Bertz CT molecular complexity index is 761. The first kappa shape index (κ1) is 13.7. The molecule has 0 unspecified atom stereocenters. The van der Waals surface area contributed by atoms with Crippen LogP contribution in [0.15, 0.2) is 48.7 Å². The molecule has 3 heteroatoms. The van der Waals surface area contributed by atoms with Crippen LogP contribution in [-0.2, 0) is 0 Å². The van der Waals surface area contributed by atoms with Gasteiger partial charge < -0.3 is 5.32 Å². The summed E-state index contributed by atoms with van der Waals surface area (Å²) < 4.78 is 2.11. The lowest BCUT2D eigenvalue weighted by Gasteiger charge is -2.22. The predicted octanol–water partition coefficient (Wildman–Crippen LogP) is 4.52. The molecule has 21 heavy (non-hydrogen) atoms. The summed E-state index contributed by atoms with van der Waals surface area (Å²) in [5, 5.41) is 3.59. The summed E-state index contributed by atoms with van der Waals surface area (Å²) in [5.41, 5.74) is 4.32.